The number of benzene rings is 1. The SMILES string of the molecule is CCCNCc1ccc(N(CC)C2CC2)c(C(F)(F)F)c1. The average molecular weight is 300 g/mol. The van der Waals surface area contributed by atoms with E-state index in [-0.39, 0.29) is 6.04 Å². The fourth-order valence-corrected chi connectivity index (χ4v) is 2.59. The molecule has 2 rings (SSSR count). The minimum absolute atomic E-state index is 0.278. The lowest BCUT2D eigenvalue weighted by Crippen LogP contribution is -2.28. The lowest BCUT2D eigenvalue weighted by atomic mass is 10.1. The second-order valence-electron chi connectivity index (χ2n) is 5.54. The van der Waals surface area contributed by atoms with E-state index >= 15 is 0 Å². The molecule has 0 spiro atoms. The molecule has 0 aliphatic heterocycles. The summed E-state index contributed by atoms with van der Waals surface area (Å²) in [5, 5.41) is 3.15. The van der Waals surface area contributed by atoms with E-state index in [0.717, 1.165) is 25.8 Å². The van der Waals surface area contributed by atoms with Crippen LogP contribution in [0.3, 0.4) is 0 Å². The lowest BCUT2D eigenvalue weighted by molar-refractivity contribution is -0.137. The van der Waals surface area contributed by atoms with E-state index < -0.39 is 11.7 Å². The zero-order valence-corrected chi connectivity index (χ0v) is 12.6. The first-order chi connectivity index (χ1) is 9.97. The molecule has 1 fully saturated rings. The molecule has 1 aliphatic rings. The van der Waals surface area contributed by atoms with Gasteiger partial charge in [-0.15, -0.1) is 0 Å². The molecule has 1 aliphatic carbocycles. The third-order valence-electron chi connectivity index (χ3n) is 3.76. The summed E-state index contributed by atoms with van der Waals surface area (Å²) in [6.45, 7) is 5.85. The number of anilines is 1. The summed E-state index contributed by atoms with van der Waals surface area (Å²) in [6, 6.07) is 5.01. The van der Waals surface area contributed by atoms with Crippen molar-refractivity contribution in [3.8, 4) is 0 Å². The fraction of sp³-hybridized carbons (Fsp3) is 0.625. The van der Waals surface area contributed by atoms with Gasteiger partial charge in [0.05, 0.1) is 5.56 Å². The minimum atomic E-state index is -4.31. The smallest absolute Gasteiger partial charge is 0.368 e. The first-order valence-corrected chi connectivity index (χ1v) is 7.64. The monoisotopic (exact) mass is 300 g/mol. The quantitative estimate of drug-likeness (QED) is 0.759. The van der Waals surface area contributed by atoms with Crippen LogP contribution < -0.4 is 10.2 Å². The van der Waals surface area contributed by atoms with Crippen LogP contribution in [0, 0.1) is 0 Å². The van der Waals surface area contributed by atoms with Crippen molar-refractivity contribution in [2.45, 2.75) is 51.9 Å². The van der Waals surface area contributed by atoms with Crippen molar-refractivity contribution < 1.29 is 13.2 Å². The normalized spacial score (nSPS) is 15.3. The van der Waals surface area contributed by atoms with Crippen molar-refractivity contribution in [2.75, 3.05) is 18.0 Å². The van der Waals surface area contributed by atoms with E-state index in [0.29, 0.717) is 24.3 Å². The summed E-state index contributed by atoms with van der Waals surface area (Å²) >= 11 is 0. The zero-order valence-electron chi connectivity index (χ0n) is 12.6. The number of hydrogen-bond acceptors (Lipinski definition) is 2. The van der Waals surface area contributed by atoms with Gasteiger partial charge >= 0.3 is 6.18 Å². The van der Waals surface area contributed by atoms with Crippen molar-refractivity contribution in [1.82, 2.24) is 5.32 Å². The molecule has 0 atom stereocenters. The van der Waals surface area contributed by atoms with Gasteiger partial charge in [0.15, 0.2) is 0 Å². The molecule has 0 bridgehead atoms. The Morgan fingerprint density at radius 2 is 1.95 bits per heavy atom. The van der Waals surface area contributed by atoms with E-state index in [1.165, 1.54) is 6.07 Å². The maximum absolute atomic E-state index is 13.4. The van der Waals surface area contributed by atoms with Gasteiger partial charge in [0, 0.05) is 24.8 Å². The highest BCUT2D eigenvalue weighted by Gasteiger charge is 2.38. The van der Waals surface area contributed by atoms with Gasteiger partial charge in [-0.1, -0.05) is 13.0 Å². The van der Waals surface area contributed by atoms with Gasteiger partial charge in [-0.2, -0.15) is 13.2 Å². The summed E-state index contributed by atoms with van der Waals surface area (Å²) in [5.74, 6) is 0. The summed E-state index contributed by atoms with van der Waals surface area (Å²) in [5.41, 5.74) is 0.505. The summed E-state index contributed by atoms with van der Waals surface area (Å²) < 4.78 is 40.1. The molecule has 1 saturated carbocycles. The molecule has 118 valence electrons. The second-order valence-corrected chi connectivity index (χ2v) is 5.54. The van der Waals surface area contributed by atoms with E-state index in [9.17, 15) is 13.2 Å². The van der Waals surface area contributed by atoms with Crippen LogP contribution in [0.5, 0.6) is 0 Å². The molecule has 21 heavy (non-hydrogen) atoms. The third kappa shape index (κ3) is 4.13. The number of nitrogens with zero attached hydrogens (tertiary/aromatic N) is 1. The van der Waals surface area contributed by atoms with Crippen molar-refractivity contribution in [3.05, 3.63) is 29.3 Å². The summed E-state index contributed by atoms with van der Waals surface area (Å²) in [7, 11) is 0. The molecule has 2 nitrogen and oxygen atoms in total. The molecule has 0 heterocycles. The molecule has 5 heteroatoms. The van der Waals surface area contributed by atoms with E-state index in [4.69, 9.17) is 0 Å². The zero-order chi connectivity index (χ0) is 15.5. The highest BCUT2D eigenvalue weighted by atomic mass is 19.4. The van der Waals surface area contributed by atoms with Gasteiger partial charge < -0.3 is 10.2 Å². The van der Waals surface area contributed by atoms with E-state index in [2.05, 4.69) is 5.32 Å². The first-order valence-electron chi connectivity index (χ1n) is 7.64. The Hall–Kier alpha value is -1.23. The van der Waals surface area contributed by atoms with Crippen molar-refractivity contribution in [3.63, 3.8) is 0 Å². The van der Waals surface area contributed by atoms with E-state index in [1.807, 2.05) is 18.7 Å². The fourth-order valence-electron chi connectivity index (χ4n) is 2.59. The molecule has 0 aromatic heterocycles. The molecule has 0 amide bonds. The standard InChI is InChI=1S/C16H23F3N2/c1-3-9-20-11-12-5-8-15(14(10-12)16(17,18)19)21(4-2)13-6-7-13/h5,8,10,13,20H,3-4,6-7,9,11H2,1-2H3. The van der Waals surface area contributed by atoms with Gasteiger partial charge in [-0.05, 0) is 50.4 Å². The van der Waals surface area contributed by atoms with Crippen LogP contribution >= 0.6 is 0 Å². The highest BCUT2D eigenvalue weighted by molar-refractivity contribution is 5.58. The predicted molar refractivity (Wildman–Crippen MR) is 79.5 cm³/mol. The predicted octanol–water partition coefficient (Wildman–Crippen LogP) is 4.19. The largest absolute Gasteiger partial charge is 0.418 e. The molecule has 1 aromatic rings. The van der Waals surface area contributed by atoms with Gasteiger partial charge in [0.25, 0.3) is 0 Å². The topological polar surface area (TPSA) is 15.3 Å². The molecule has 0 unspecified atom stereocenters. The molecule has 0 radical (unpaired) electrons. The first kappa shape index (κ1) is 16.1. The van der Waals surface area contributed by atoms with Crippen LogP contribution in [-0.2, 0) is 12.7 Å². The molecular formula is C16H23F3N2. The highest BCUT2D eigenvalue weighted by Crippen LogP contribution is 2.41. The van der Waals surface area contributed by atoms with Gasteiger partial charge in [0.2, 0.25) is 0 Å². The van der Waals surface area contributed by atoms with Gasteiger partial charge in [-0.3, -0.25) is 0 Å². The van der Waals surface area contributed by atoms with Crippen molar-refractivity contribution >= 4 is 5.69 Å². The Morgan fingerprint density at radius 3 is 2.48 bits per heavy atom. The molecular weight excluding hydrogens is 277 g/mol. The Labute approximate surface area is 124 Å². The maximum atomic E-state index is 13.4. The number of alkyl halides is 3. The molecule has 1 N–H and O–H groups in total. The average Bonchev–Trinajstić information content (AvgIpc) is 3.25. The number of halogens is 3. The third-order valence-corrected chi connectivity index (χ3v) is 3.76. The maximum Gasteiger partial charge on any atom is 0.418 e. The summed E-state index contributed by atoms with van der Waals surface area (Å²) in [6.07, 6.45) is -1.36. The number of rotatable bonds is 7. The van der Waals surface area contributed by atoms with Crippen LogP contribution in [0.2, 0.25) is 0 Å². The van der Waals surface area contributed by atoms with Gasteiger partial charge in [0.1, 0.15) is 0 Å². The van der Waals surface area contributed by atoms with Crippen LogP contribution in [-0.4, -0.2) is 19.1 Å². The van der Waals surface area contributed by atoms with E-state index in [1.54, 1.807) is 12.1 Å². The van der Waals surface area contributed by atoms with Crippen LogP contribution in [0.1, 0.15) is 44.2 Å². The lowest BCUT2D eigenvalue weighted by Gasteiger charge is -2.27. The van der Waals surface area contributed by atoms with Crippen LogP contribution in [0.15, 0.2) is 18.2 Å². The number of hydrogen-bond donors (Lipinski definition) is 1. The Bertz CT molecular complexity index is 467. The Kier molecular flexibility index (Phi) is 5.14. The molecule has 0 saturated heterocycles. The summed E-state index contributed by atoms with van der Waals surface area (Å²) in [4.78, 5) is 1.88. The Morgan fingerprint density at radius 1 is 1.24 bits per heavy atom. The Balaban J connectivity index is 2.27. The van der Waals surface area contributed by atoms with Crippen LogP contribution in [0.25, 0.3) is 0 Å². The number of nitrogens with one attached hydrogen (secondary N) is 1. The van der Waals surface area contributed by atoms with Crippen molar-refractivity contribution in [1.29, 1.82) is 0 Å². The van der Waals surface area contributed by atoms with Gasteiger partial charge in [-0.25, -0.2) is 0 Å². The molecule has 1 aromatic carbocycles. The van der Waals surface area contributed by atoms with Crippen LogP contribution in [0.4, 0.5) is 18.9 Å². The van der Waals surface area contributed by atoms with Crippen molar-refractivity contribution in [2.24, 2.45) is 0 Å². The second kappa shape index (κ2) is 6.69. The minimum Gasteiger partial charge on any atom is -0.368 e.